The summed E-state index contributed by atoms with van der Waals surface area (Å²) in [5, 5.41) is 0.596. The number of carbonyl (C=O) groups excluding carboxylic acids is 4. The fourth-order valence-electron chi connectivity index (χ4n) is 4.64. The van der Waals surface area contributed by atoms with Crippen LogP contribution in [0.4, 0.5) is 0 Å². The Morgan fingerprint density at radius 2 is 1.35 bits per heavy atom. The van der Waals surface area contributed by atoms with Crippen molar-refractivity contribution in [3.05, 3.63) is 59.0 Å². The second-order valence-electron chi connectivity index (χ2n) is 9.55. The van der Waals surface area contributed by atoms with E-state index in [1.54, 1.807) is 43.5 Å². The van der Waals surface area contributed by atoms with Crippen LogP contribution in [0.5, 0.6) is 11.5 Å². The maximum absolute atomic E-state index is 12.5. The quantitative estimate of drug-likeness (QED) is 0.201. The van der Waals surface area contributed by atoms with Crippen LogP contribution < -0.4 is 15.1 Å². The van der Waals surface area contributed by atoms with Crippen molar-refractivity contribution in [1.82, 2.24) is 0 Å². The van der Waals surface area contributed by atoms with Crippen molar-refractivity contribution in [3.8, 4) is 22.6 Å². The molecule has 13 nitrogen and oxygen atoms in total. The zero-order valence-corrected chi connectivity index (χ0v) is 24.0. The van der Waals surface area contributed by atoms with Crippen molar-refractivity contribution in [2.45, 2.75) is 58.4 Å². The summed E-state index contributed by atoms with van der Waals surface area (Å²) >= 11 is 0. The Bertz CT molecular complexity index is 1560. The first kappa shape index (κ1) is 31.0. The van der Waals surface area contributed by atoms with Crippen LogP contribution >= 0.6 is 0 Å². The maximum Gasteiger partial charge on any atom is 0.336 e. The second kappa shape index (κ2) is 13.4. The molecule has 2 aromatic carbocycles. The van der Waals surface area contributed by atoms with Crippen molar-refractivity contribution in [1.29, 1.82) is 0 Å². The number of methoxy groups -OCH3 is 1. The summed E-state index contributed by atoms with van der Waals surface area (Å²) in [6.07, 6.45) is -6.78. The molecule has 0 unspecified atom stereocenters. The maximum atomic E-state index is 12.5. The standard InChI is InChI=1S/C30H30O13/c1-15(31)37-14-25-27(38-16(2)32)28(39-17(3)33)29(40-18(4)34)30(43-25)41-21-10-11-22-23(13-26(35)42-24(22)12-21)19-6-8-20(36-5)9-7-19/h6-13,25,27-30H,14H2,1-5H3/t25-,27+,28-,29+,30+/m0/s1. The van der Waals surface area contributed by atoms with Crippen molar-refractivity contribution in [2.75, 3.05) is 13.7 Å². The minimum atomic E-state index is -1.45. The predicted octanol–water partition coefficient (Wildman–Crippen LogP) is 2.93. The molecule has 1 aliphatic rings. The summed E-state index contributed by atoms with van der Waals surface area (Å²) in [5.74, 6) is -2.17. The SMILES string of the molecule is COc1ccc(-c2cc(=O)oc3cc(O[C@@H]4O[C@@H](COC(C)=O)[C@@H](OC(C)=O)[C@H](OC(C)=O)[C@H]4OC(C)=O)ccc23)cc1. The lowest BCUT2D eigenvalue weighted by Crippen LogP contribution is -2.63. The van der Waals surface area contributed by atoms with Crippen LogP contribution in [0.25, 0.3) is 22.1 Å². The summed E-state index contributed by atoms with van der Waals surface area (Å²) in [6.45, 7) is 4.13. The molecule has 0 bridgehead atoms. The van der Waals surface area contributed by atoms with E-state index in [1.165, 1.54) is 19.1 Å². The molecule has 4 rings (SSSR count). The van der Waals surface area contributed by atoms with Crippen LogP contribution in [-0.2, 0) is 42.9 Å². The van der Waals surface area contributed by atoms with E-state index >= 15 is 0 Å². The second-order valence-corrected chi connectivity index (χ2v) is 9.55. The molecule has 0 spiro atoms. The van der Waals surface area contributed by atoms with Crippen LogP contribution in [0.3, 0.4) is 0 Å². The van der Waals surface area contributed by atoms with Gasteiger partial charge in [0.25, 0.3) is 0 Å². The Labute approximate surface area is 245 Å². The molecule has 13 heteroatoms. The molecule has 0 amide bonds. The third-order valence-electron chi connectivity index (χ3n) is 6.32. The molecule has 0 N–H and O–H groups in total. The monoisotopic (exact) mass is 598 g/mol. The molecule has 228 valence electrons. The lowest BCUT2D eigenvalue weighted by molar-refractivity contribution is -0.288. The predicted molar refractivity (Wildman–Crippen MR) is 147 cm³/mol. The van der Waals surface area contributed by atoms with E-state index in [0.29, 0.717) is 16.7 Å². The number of hydrogen-bond acceptors (Lipinski definition) is 13. The molecule has 0 saturated carbocycles. The first-order valence-electron chi connectivity index (χ1n) is 13.1. The number of esters is 4. The van der Waals surface area contributed by atoms with Crippen LogP contribution in [0.2, 0.25) is 0 Å². The van der Waals surface area contributed by atoms with Crippen molar-refractivity contribution >= 4 is 34.8 Å². The molecule has 5 atom stereocenters. The van der Waals surface area contributed by atoms with Gasteiger partial charge in [0, 0.05) is 45.2 Å². The number of fused-ring (bicyclic) bond motifs is 1. The van der Waals surface area contributed by atoms with E-state index in [4.69, 9.17) is 37.6 Å². The average molecular weight is 599 g/mol. The van der Waals surface area contributed by atoms with Gasteiger partial charge in [0.15, 0.2) is 12.2 Å². The first-order valence-corrected chi connectivity index (χ1v) is 13.1. The Morgan fingerprint density at radius 3 is 1.95 bits per heavy atom. The zero-order valence-electron chi connectivity index (χ0n) is 24.0. The van der Waals surface area contributed by atoms with Crippen molar-refractivity contribution in [3.63, 3.8) is 0 Å². The number of benzene rings is 2. The zero-order chi connectivity index (χ0) is 31.3. The summed E-state index contributed by atoms with van der Waals surface area (Å²) in [4.78, 5) is 60.1. The summed E-state index contributed by atoms with van der Waals surface area (Å²) in [5.41, 5.74) is 0.920. The lowest BCUT2D eigenvalue weighted by atomic mass is 9.98. The van der Waals surface area contributed by atoms with E-state index < -0.39 is 66.8 Å². The van der Waals surface area contributed by atoms with Gasteiger partial charge < -0.3 is 37.6 Å². The van der Waals surface area contributed by atoms with Gasteiger partial charge in [-0.2, -0.15) is 0 Å². The van der Waals surface area contributed by atoms with Gasteiger partial charge in [0.2, 0.25) is 12.4 Å². The third kappa shape index (κ3) is 7.68. The van der Waals surface area contributed by atoms with Crippen LogP contribution in [0, 0.1) is 0 Å². The van der Waals surface area contributed by atoms with Crippen molar-refractivity contribution < 1.29 is 56.8 Å². The average Bonchev–Trinajstić information content (AvgIpc) is 2.94. The Hall–Kier alpha value is -4.91. The van der Waals surface area contributed by atoms with Crippen molar-refractivity contribution in [2.24, 2.45) is 0 Å². The molecule has 1 saturated heterocycles. The summed E-state index contributed by atoms with van der Waals surface area (Å²) < 4.78 is 44.0. The summed E-state index contributed by atoms with van der Waals surface area (Å²) in [7, 11) is 1.55. The van der Waals surface area contributed by atoms with Gasteiger partial charge in [-0.05, 0) is 35.4 Å². The highest BCUT2D eigenvalue weighted by atomic mass is 16.7. The number of carbonyl (C=O) groups is 4. The molecule has 1 aliphatic heterocycles. The van der Waals surface area contributed by atoms with Gasteiger partial charge in [0.1, 0.15) is 29.8 Å². The Balaban J connectivity index is 1.73. The van der Waals surface area contributed by atoms with Gasteiger partial charge in [-0.25, -0.2) is 4.79 Å². The highest BCUT2D eigenvalue weighted by Crippen LogP contribution is 2.34. The minimum Gasteiger partial charge on any atom is -0.497 e. The molecule has 0 aliphatic carbocycles. The fraction of sp³-hybridized carbons (Fsp3) is 0.367. The summed E-state index contributed by atoms with van der Waals surface area (Å²) in [6, 6.07) is 13.2. The topological polar surface area (TPSA) is 163 Å². The molecule has 0 radical (unpaired) electrons. The Kier molecular flexibility index (Phi) is 9.66. The fourth-order valence-corrected chi connectivity index (χ4v) is 4.64. The molecule has 43 heavy (non-hydrogen) atoms. The van der Waals surface area contributed by atoms with Crippen LogP contribution in [-0.4, -0.2) is 68.3 Å². The van der Waals surface area contributed by atoms with Gasteiger partial charge in [-0.3, -0.25) is 19.2 Å². The lowest BCUT2D eigenvalue weighted by Gasteiger charge is -2.43. The van der Waals surface area contributed by atoms with Crippen LogP contribution in [0.1, 0.15) is 27.7 Å². The molecule has 2 heterocycles. The van der Waals surface area contributed by atoms with E-state index in [-0.39, 0.29) is 11.3 Å². The molecule has 1 fully saturated rings. The van der Waals surface area contributed by atoms with E-state index in [2.05, 4.69) is 0 Å². The van der Waals surface area contributed by atoms with Gasteiger partial charge in [-0.15, -0.1) is 0 Å². The number of hydrogen-bond donors (Lipinski definition) is 0. The highest BCUT2D eigenvalue weighted by Gasteiger charge is 2.53. The van der Waals surface area contributed by atoms with Crippen LogP contribution in [0.15, 0.2) is 57.7 Å². The van der Waals surface area contributed by atoms with Gasteiger partial charge in [-0.1, -0.05) is 12.1 Å². The Morgan fingerprint density at radius 1 is 0.744 bits per heavy atom. The minimum absolute atomic E-state index is 0.128. The van der Waals surface area contributed by atoms with Gasteiger partial charge >= 0.3 is 29.5 Å². The number of rotatable bonds is 9. The van der Waals surface area contributed by atoms with E-state index in [0.717, 1.165) is 26.3 Å². The first-order chi connectivity index (χ1) is 20.4. The normalized spacial score (nSPS) is 21.4. The third-order valence-corrected chi connectivity index (χ3v) is 6.32. The van der Waals surface area contributed by atoms with E-state index in [9.17, 15) is 24.0 Å². The smallest absolute Gasteiger partial charge is 0.336 e. The molecular formula is C30H30O13. The van der Waals surface area contributed by atoms with E-state index in [1.807, 2.05) is 0 Å². The van der Waals surface area contributed by atoms with Gasteiger partial charge in [0.05, 0.1) is 7.11 Å². The molecule has 3 aromatic rings. The molecule has 1 aromatic heterocycles. The largest absolute Gasteiger partial charge is 0.497 e. The number of ether oxygens (including phenoxy) is 7. The highest BCUT2D eigenvalue weighted by molar-refractivity contribution is 5.93. The molecular weight excluding hydrogens is 568 g/mol.